The lowest BCUT2D eigenvalue weighted by atomic mass is 10.0. The summed E-state index contributed by atoms with van der Waals surface area (Å²) >= 11 is 5.85. The lowest BCUT2D eigenvalue weighted by Crippen LogP contribution is -2.17. The van der Waals surface area contributed by atoms with Crippen molar-refractivity contribution in [2.24, 2.45) is 5.10 Å². The number of carbonyl (C=O) groups is 2. The van der Waals surface area contributed by atoms with Gasteiger partial charge in [-0.1, -0.05) is 61.4 Å². The monoisotopic (exact) mass is 449 g/mol. The van der Waals surface area contributed by atoms with Gasteiger partial charge in [-0.3, -0.25) is 9.59 Å². The predicted octanol–water partition coefficient (Wildman–Crippen LogP) is 5.65. The van der Waals surface area contributed by atoms with Crippen LogP contribution in [0.5, 0.6) is 5.75 Å². The number of halogens is 1. The first-order chi connectivity index (χ1) is 15.4. The van der Waals surface area contributed by atoms with E-state index in [9.17, 15) is 14.7 Å². The zero-order valence-electron chi connectivity index (χ0n) is 17.9. The number of hydrogen-bond donors (Lipinski definition) is 3. The van der Waals surface area contributed by atoms with Crippen LogP contribution in [0.1, 0.15) is 42.6 Å². The van der Waals surface area contributed by atoms with Gasteiger partial charge in [-0.25, -0.2) is 5.43 Å². The molecular formula is C25H24ClN3O3. The van der Waals surface area contributed by atoms with E-state index < -0.39 is 5.91 Å². The van der Waals surface area contributed by atoms with Gasteiger partial charge in [0.05, 0.1) is 11.2 Å². The molecule has 0 unspecified atom stereocenters. The third-order valence-electron chi connectivity index (χ3n) is 5.04. The van der Waals surface area contributed by atoms with Gasteiger partial charge in [0, 0.05) is 28.3 Å². The molecule has 0 aromatic heterocycles. The van der Waals surface area contributed by atoms with Gasteiger partial charge < -0.3 is 10.4 Å². The van der Waals surface area contributed by atoms with E-state index in [1.165, 1.54) is 18.2 Å². The Morgan fingerprint density at radius 2 is 1.75 bits per heavy atom. The number of amides is 2. The molecule has 6 nitrogen and oxygen atoms in total. The molecule has 0 heterocycles. The SMILES string of the molecule is CCC(=CC(=O)Nc1ccc(C=NNC(=O)c2ccc(O)c(Cl)c2)c2ccccc12)CC. The molecule has 164 valence electrons. The first-order valence-electron chi connectivity index (χ1n) is 10.3. The van der Waals surface area contributed by atoms with Gasteiger partial charge in [0.15, 0.2) is 0 Å². The molecule has 0 atom stereocenters. The van der Waals surface area contributed by atoms with Crippen LogP contribution in [-0.2, 0) is 4.79 Å². The van der Waals surface area contributed by atoms with E-state index in [2.05, 4.69) is 15.8 Å². The number of nitrogens with one attached hydrogen (secondary N) is 2. The molecule has 0 bridgehead atoms. The van der Waals surface area contributed by atoms with Gasteiger partial charge in [-0.05, 0) is 42.5 Å². The molecule has 3 N–H and O–H groups in total. The second-order valence-electron chi connectivity index (χ2n) is 7.11. The Bertz CT molecular complexity index is 1210. The number of hydrogen-bond acceptors (Lipinski definition) is 4. The third kappa shape index (κ3) is 5.53. The normalized spacial score (nSPS) is 10.8. The minimum atomic E-state index is -0.453. The van der Waals surface area contributed by atoms with Gasteiger partial charge in [-0.2, -0.15) is 5.10 Å². The van der Waals surface area contributed by atoms with Crippen molar-refractivity contribution in [3.8, 4) is 5.75 Å². The third-order valence-corrected chi connectivity index (χ3v) is 5.34. The van der Waals surface area contributed by atoms with Crippen LogP contribution in [0.15, 0.2) is 71.3 Å². The summed E-state index contributed by atoms with van der Waals surface area (Å²) in [6.45, 7) is 4.06. The Balaban J connectivity index is 1.80. The second kappa shape index (κ2) is 10.6. The van der Waals surface area contributed by atoms with Crippen molar-refractivity contribution < 1.29 is 14.7 Å². The highest BCUT2D eigenvalue weighted by Gasteiger charge is 2.09. The maximum Gasteiger partial charge on any atom is 0.271 e. The summed E-state index contributed by atoms with van der Waals surface area (Å²) in [6, 6.07) is 15.5. The predicted molar refractivity (Wildman–Crippen MR) is 129 cm³/mol. The average Bonchev–Trinajstić information content (AvgIpc) is 2.80. The van der Waals surface area contributed by atoms with Gasteiger partial charge in [0.1, 0.15) is 5.75 Å². The average molecular weight is 450 g/mol. The first kappa shape index (κ1) is 23.0. The summed E-state index contributed by atoms with van der Waals surface area (Å²) in [5.41, 5.74) is 5.30. The number of aromatic hydroxyl groups is 1. The second-order valence-corrected chi connectivity index (χ2v) is 7.52. The van der Waals surface area contributed by atoms with Crippen molar-refractivity contribution in [1.29, 1.82) is 0 Å². The largest absolute Gasteiger partial charge is 0.506 e. The zero-order valence-corrected chi connectivity index (χ0v) is 18.6. The molecule has 3 aromatic carbocycles. The number of hydrazone groups is 1. The van der Waals surface area contributed by atoms with Crippen LogP contribution in [0.25, 0.3) is 10.8 Å². The molecule has 32 heavy (non-hydrogen) atoms. The minimum Gasteiger partial charge on any atom is -0.506 e. The first-order valence-corrected chi connectivity index (χ1v) is 10.6. The number of phenolic OH excluding ortho intramolecular Hbond substituents is 1. The fourth-order valence-corrected chi connectivity index (χ4v) is 3.41. The minimum absolute atomic E-state index is 0.0881. The maximum atomic E-state index is 12.4. The Labute approximate surface area is 191 Å². The number of carbonyl (C=O) groups excluding carboxylic acids is 2. The van der Waals surface area contributed by atoms with Crippen molar-refractivity contribution in [2.75, 3.05) is 5.32 Å². The van der Waals surface area contributed by atoms with E-state index in [0.29, 0.717) is 5.69 Å². The highest BCUT2D eigenvalue weighted by molar-refractivity contribution is 6.32. The molecular weight excluding hydrogens is 426 g/mol. The van der Waals surface area contributed by atoms with Crippen molar-refractivity contribution >= 4 is 46.1 Å². The summed E-state index contributed by atoms with van der Waals surface area (Å²) in [5.74, 6) is -0.706. The van der Waals surface area contributed by atoms with E-state index >= 15 is 0 Å². The number of phenols is 1. The number of fused-ring (bicyclic) bond motifs is 1. The highest BCUT2D eigenvalue weighted by atomic mass is 35.5. The van der Waals surface area contributed by atoms with Gasteiger partial charge in [0.25, 0.3) is 5.91 Å². The smallest absolute Gasteiger partial charge is 0.271 e. The molecule has 0 spiro atoms. The molecule has 0 radical (unpaired) electrons. The number of allylic oxidation sites excluding steroid dienone is 1. The molecule has 0 fully saturated rings. The summed E-state index contributed by atoms with van der Waals surface area (Å²) in [7, 11) is 0. The van der Waals surface area contributed by atoms with Crippen LogP contribution in [0.2, 0.25) is 5.02 Å². The van der Waals surface area contributed by atoms with Gasteiger partial charge >= 0.3 is 0 Å². The zero-order chi connectivity index (χ0) is 23.1. The number of rotatable bonds is 7. The Kier molecular flexibility index (Phi) is 7.63. The Morgan fingerprint density at radius 3 is 2.44 bits per heavy atom. The van der Waals surface area contributed by atoms with Gasteiger partial charge in [-0.15, -0.1) is 0 Å². The maximum absolute atomic E-state index is 12.4. The molecule has 2 amide bonds. The highest BCUT2D eigenvalue weighted by Crippen LogP contribution is 2.26. The van der Waals surface area contributed by atoms with Crippen molar-refractivity contribution in [3.05, 3.63) is 82.4 Å². The summed E-state index contributed by atoms with van der Waals surface area (Å²) < 4.78 is 0. The van der Waals surface area contributed by atoms with Crippen LogP contribution in [0.3, 0.4) is 0 Å². The molecule has 0 aliphatic heterocycles. The van der Waals surface area contributed by atoms with Crippen LogP contribution in [0, 0.1) is 0 Å². The quantitative estimate of drug-likeness (QED) is 0.247. The van der Waals surface area contributed by atoms with Crippen molar-refractivity contribution in [3.63, 3.8) is 0 Å². The lowest BCUT2D eigenvalue weighted by molar-refractivity contribution is -0.112. The Morgan fingerprint density at radius 1 is 1.03 bits per heavy atom. The fraction of sp³-hybridized carbons (Fsp3) is 0.160. The van der Waals surface area contributed by atoms with Crippen molar-refractivity contribution in [1.82, 2.24) is 5.43 Å². The van der Waals surface area contributed by atoms with Gasteiger partial charge in [0.2, 0.25) is 5.91 Å². The van der Waals surface area contributed by atoms with E-state index in [0.717, 1.165) is 34.8 Å². The molecule has 3 rings (SSSR count). The van der Waals surface area contributed by atoms with E-state index in [-0.39, 0.29) is 22.2 Å². The van der Waals surface area contributed by atoms with E-state index in [1.807, 2.05) is 50.2 Å². The molecule has 0 aliphatic rings. The molecule has 0 aliphatic carbocycles. The summed E-state index contributed by atoms with van der Waals surface area (Å²) in [6.07, 6.45) is 4.86. The number of benzene rings is 3. The van der Waals surface area contributed by atoms with Crippen molar-refractivity contribution in [2.45, 2.75) is 26.7 Å². The standard InChI is InChI=1S/C25H24ClN3O3/c1-3-16(4-2)13-24(31)28-22-11-9-18(19-7-5-6-8-20(19)22)15-27-29-25(32)17-10-12-23(30)21(26)14-17/h5-15,30H,3-4H2,1-2H3,(H,28,31)(H,29,32). The fourth-order valence-electron chi connectivity index (χ4n) is 3.23. The molecule has 7 heteroatoms. The Hall–Kier alpha value is -3.64. The van der Waals surface area contributed by atoms with E-state index in [4.69, 9.17) is 11.6 Å². The number of anilines is 1. The molecule has 0 saturated heterocycles. The molecule has 3 aromatic rings. The summed E-state index contributed by atoms with van der Waals surface area (Å²) in [5, 5.41) is 18.3. The molecule has 0 saturated carbocycles. The van der Waals surface area contributed by atoms with Crippen LogP contribution < -0.4 is 10.7 Å². The summed E-state index contributed by atoms with van der Waals surface area (Å²) in [4.78, 5) is 24.7. The van der Waals surface area contributed by atoms with Crippen LogP contribution in [0.4, 0.5) is 5.69 Å². The topological polar surface area (TPSA) is 90.8 Å². The van der Waals surface area contributed by atoms with Crippen LogP contribution >= 0.6 is 11.6 Å². The lowest BCUT2D eigenvalue weighted by Gasteiger charge is -2.10. The number of nitrogens with zero attached hydrogens (tertiary/aromatic N) is 1. The van der Waals surface area contributed by atoms with E-state index in [1.54, 1.807) is 12.3 Å². The van der Waals surface area contributed by atoms with Crippen LogP contribution in [-0.4, -0.2) is 23.1 Å².